The molecule has 1 aromatic heterocycles. The van der Waals surface area contributed by atoms with E-state index in [0.29, 0.717) is 0 Å². The zero-order valence-electron chi connectivity index (χ0n) is 13.0. The Bertz CT molecular complexity index is 636. The van der Waals surface area contributed by atoms with Gasteiger partial charge < -0.3 is 4.74 Å². The van der Waals surface area contributed by atoms with E-state index in [1.54, 1.807) is 18.4 Å². The van der Waals surface area contributed by atoms with Gasteiger partial charge in [-0.05, 0) is 50.4 Å². The molecule has 1 aromatic carbocycles. The molecule has 0 N–H and O–H groups in total. The molecule has 0 saturated carbocycles. The van der Waals surface area contributed by atoms with E-state index in [1.165, 1.54) is 36.0 Å². The minimum Gasteiger partial charge on any atom is -0.496 e. The fraction of sp³-hybridized carbons (Fsp3) is 0.471. The number of aromatic nitrogens is 1. The topological polar surface area (TPSA) is 25.4 Å². The van der Waals surface area contributed by atoms with Gasteiger partial charge >= 0.3 is 0 Å². The Morgan fingerprint density at radius 2 is 2.00 bits per heavy atom. The largest absolute Gasteiger partial charge is 0.496 e. The van der Waals surface area contributed by atoms with Crippen LogP contribution >= 0.6 is 11.3 Å². The number of thiazole rings is 1. The first-order valence-corrected chi connectivity index (χ1v) is 8.32. The number of benzene rings is 1. The summed E-state index contributed by atoms with van der Waals surface area (Å²) in [5, 5.41) is 3.28. The number of rotatable bonds is 5. The molecule has 0 spiro atoms. The number of methoxy groups -OCH3 is 1. The summed E-state index contributed by atoms with van der Waals surface area (Å²) in [7, 11) is 3.91. The van der Waals surface area contributed by atoms with Gasteiger partial charge in [0.15, 0.2) is 0 Å². The van der Waals surface area contributed by atoms with Crippen molar-refractivity contribution in [2.75, 3.05) is 14.2 Å². The Kier molecular flexibility index (Phi) is 4.27. The molecule has 1 aliphatic rings. The zero-order chi connectivity index (χ0) is 14.8. The van der Waals surface area contributed by atoms with Crippen molar-refractivity contribution in [3.8, 4) is 5.75 Å². The Labute approximate surface area is 130 Å². The van der Waals surface area contributed by atoms with Crippen molar-refractivity contribution in [1.82, 2.24) is 9.88 Å². The second kappa shape index (κ2) is 6.16. The van der Waals surface area contributed by atoms with Crippen molar-refractivity contribution < 1.29 is 4.74 Å². The van der Waals surface area contributed by atoms with E-state index in [4.69, 9.17) is 4.74 Å². The molecule has 0 bridgehead atoms. The van der Waals surface area contributed by atoms with Crippen molar-refractivity contribution in [1.29, 1.82) is 0 Å². The third kappa shape index (κ3) is 3.27. The van der Waals surface area contributed by atoms with Crippen LogP contribution in [0, 0.1) is 6.92 Å². The highest BCUT2D eigenvalue weighted by Crippen LogP contribution is 2.30. The van der Waals surface area contributed by atoms with Crippen LogP contribution in [0.5, 0.6) is 5.75 Å². The summed E-state index contributed by atoms with van der Waals surface area (Å²) in [5.41, 5.74) is 5.41. The van der Waals surface area contributed by atoms with Crippen molar-refractivity contribution in [2.24, 2.45) is 0 Å². The van der Waals surface area contributed by atoms with Crippen molar-refractivity contribution in [3.63, 3.8) is 0 Å². The van der Waals surface area contributed by atoms with E-state index in [9.17, 15) is 0 Å². The Morgan fingerprint density at radius 1 is 1.24 bits per heavy atom. The van der Waals surface area contributed by atoms with Gasteiger partial charge in [0.1, 0.15) is 5.75 Å². The molecule has 0 aliphatic heterocycles. The van der Waals surface area contributed by atoms with E-state index < -0.39 is 0 Å². The average molecular weight is 302 g/mol. The van der Waals surface area contributed by atoms with Crippen LogP contribution in [0.25, 0.3) is 0 Å². The van der Waals surface area contributed by atoms with Gasteiger partial charge in [-0.15, -0.1) is 11.3 Å². The Hall–Kier alpha value is -1.39. The molecule has 2 aromatic rings. The second-order valence-electron chi connectivity index (χ2n) is 5.82. The highest BCUT2D eigenvalue weighted by Gasteiger charge is 2.16. The number of hydrogen-bond donors (Lipinski definition) is 0. The molecule has 0 fully saturated rings. The maximum absolute atomic E-state index is 5.59. The normalized spacial score (nSPS) is 13.7. The molecule has 3 rings (SSSR count). The molecule has 112 valence electrons. The van der Waals surface area contributed by atoms with E-state index in [2.05, 4.69) is 41.4 Å². The van der Waals surface area contributed by atoms with Crippen LogP contribution in [0.3, 0.4) is 0 Å². The predicted molar refractivity (Wildman–Crippen MR) is 87.0 cm³/mol. The third-order valence-electron chi connectivity index (χ3n) is 4.03. The smallest absolute Gasteiger partial charge is 0.123 e. The van der Waals surface area contributed by atoms with E-state index in [0.717, 1.165) is 29.5 Å². The average Bonchev–Trinajstić information content (AvgIpc) is 3.06. The van der Waals surface area contributed by atoms with E-state index in [-0.39, 0.29) is 0 Å². The lowest BCUT2D eigenvalue weighted by molar-refractivity contribution is 0.307. The molecule has 0 unspecified atom stereocenters. The van der Waals surface area contributed by atoms with Gasteiger partial charge in [-0.3, -0.25) is 4.90 Å². The highest BCUT2D eigenvalue weighted by molar-refractivity contribution is 7.09. The lowest BCUT2D eigenvalue weighted by Gasteiger charge is -2.18. The predicted octanol–water partition coefficient (Wildman–Crippen LogP) is 3.58. The van der Waals surface area contributed by atoms with Crippen LogP contribution < -0.4 is 4.74 Å². The van der Waals surface area contributed by atoms with E-state index in [1.807, 2.05) is 0 Å². The summed E-state index contributed by atoms with van der Waals surface area (Å²) >= 11 is 1.71. The fourth-order valence-electron chi connectivity index (χ4n) is 3.07. The van der Waals surface area contributed by atoms with Crippen LogP contribution in [-0.4, -0.2) is 24.0 Å². The van der Waals surface area contributed by atoms with E-state index >= 15 is 0 Å². The summed E-state index contributed by atoms with van der Waals surface area (Å²) < 4.78 is 5.59. The fourth-order valence-corrected chi connectivity index (χ4v) is 3.67. The first kappa shape index (κ1) is 14.5. The molecule has 0 amide bonds. The van der Waals surface area contributed by atoms with Crippen LogP contribution in [0.2, 0.25) is 0 Å². The lowest BCUT2D eigenvalue weighted by Crippen LogP contribution is -2.18. The van der Waals surface area contributed by atoms with Gasteiger partial charge in [0.2, 0.25) is 0 Å². The number of aryl methyl sites for hydroxylation is 3. The SMILES string of the molecule is COc1cc2c(cc1CN(C)Cc1csc(C)n1)CCC2. The van der Waals surface area contributed by atoms with Gasteiger partial charge in [0, 0.05) is 24.0 Å². The summed E-state index contributed by atoms with van der Waals surface area (Å²) in [5.74, 6) is 1.02. The van der Waals surface area contributed by atoms with Crippen LogP contribution in [0.4, 0.5) is 0 Å². The molecular formula is C17H22N2OS. The maximum atomic E-state index is 5.59. The van der Waals surface area contributed by atoms with Crippen molar-refractivity contribution in [3.05, 3.63) is 44.9 Å². The molecule has 0 saturated heterocycles. The first-order valence-electron chi connectivity index (χ1n) is 7.44. The molecule has 21 heavy (non-hydrogen) atoms. The van der Waals surface area contributed by atoms with Crippen LogP contribution in [-0.2, 0) is 25.9 Å². The van der Waals surface area contributed by atoms with Gasteiger partial charge in [0.05, 0.1) is 17.8 Å². The molecular weight excluding hydrogens is 280 g/mol. The third-order valence-corrected chi connectivity index (χ3v) is 4.86. The number of ether oxygens (including phenoxy) is 1. The number of fused-ring (bicyclic) bond motifs is 1. The molecule has 1 heterocycles. The first-order chi connectivity index (χ1) is 10.2. The number of nitrogens with zero attached hydrogens (tertiary/aromatic N) is 2. The summed E-state index contributed by atoms with van der Waals surface area (Å²) in [6.45, 7) is 3.83. The summed E-state index contributed by atoms with van der Waals surface area (Å²) in [6, 6.07) is 4.57. The minimum atomic E-state index is 0.880. The molecule has 0 radical (unpaired) electrons. The van der Waals surface area contributed by atoms with Gasteiger partial charge in [0.25, 0.3) is 0 Å². The Morgan fingerprint density at radius 3 is 2.67 bits per heavy atom. The highest BCUT2D eigenvalue weighted by atomic mass is 32.1. The van der Waals surface area contributed by atoms with Crippen molar-refractivity contribution in [2.45, 2.75) is 39.3 Å². The summed E-state index contributed by atoms with van der Waals surface area (Å²) in [4.78, 5) is 6.84. The quantitative estimate of drug-likeness (QED) is 0.844. The molecule has 3 nitrogen and oxygen atoms in total. The minimum absolute atomic E-state index is 0.880. The van der Waals surface area contributed by atoms with Gasteiger partial charge in [-0.2, -0.15) is 0 Å². The second-order valence-corrected chi connectivity index (χ2v) is 6.88. The standard InChI is InChI=1S/C17H22N2OS/c1-12-18-16(11-21-12)10-19(2)9-15-7-13-5-4-6-14(13)8-17(15)20-3/h7-8,11H,4-6,9-10H2,1-3H3. The van der Waals surface area contributed by atoms with Gasteiger partial charge in [-0.1, -0.05) is 6.07 Å². The van der Waals surface area contributed by atoms with Crippen molar-refractivity contribution >= 4 is 11.3 Å². The molecule has 0 atom stereocenters. The Balaban J connectivity index is 1.74. The zero-order valence-corrected chi connectivity index (χ0v) is 13.8. The monoisotopic (exact) mass is 302 g/mol. The van der Waals surface area contributed by atoms with Crippen LogP contribution in [0.15, 0.2) is 17.5 Å². The molecule has 4 heteroatoms. The maximum Gasteiger partial charge on any atom is 0.123 e. The lowest BCUT2D eigenvalue weighted by atomic mass is 10.0. The number of hydrogen-bond acceptors (Lipinski definition) is 4. The molecule has 1 aliphatic carbocycles. The summed E-state index contributed by atoms with van der Waals surface area (Å²) in [6.07, 6.45) is 3.68. The van der Waals surface area contributed by atoms with Crippen LogP contribution in [0.1, 0.15) is 33.8 Å². The van der Waals surface area contributed by atoms with Gasteiger partial charge in [-0.25, -0.2) is 4.98 Å².